The lowest BCUT2D eigenvalue weighted by Crippen LogP contribution is -2.11. The Kier molecular flexibility index (Phi) is 4.17. The van der Waals surface area contributed by atoms with E-state index < -0.39 is 0 Å². The standard InChI is InChI=1S/C20H17N5O/c21-9-13-3-5-14(6-4-13)16-8-17-18(12-24-19(17)23-11-16)25-20(26)15-2-1-7-22-10-15/h1-8,10-12H,9,21H2,(H,23,24)(H,25,26). The van der Waals surface area contributed by atoms with E-state index in [1.807, 2.05) is 36.5 Å². The number of aromatic nitrogens is 3. The fourth-order valence-corrected chi connectivity index (χ4v) is 2.79. The van der Waals surface area contributed by atoms with Crippen LogP contribution in [0.2, 0.25) is 0 Å². The molecule has 0 aliphatic rings. The number of H-pyrrole nitrogens is 1. The molecule has 6 nitrogen and oxygen atoms in total. The number of anilines is 1. The van der Waals surface area contributed by atoms with Gasteiger partial charge in [-0.05, 0) is 29.3 Å². The number of aromatic amines is 1. The molecule has 4 aromatic rings. The van der Waals surface area contributed by atoms with Gasteiger partial charge in [-0.1, -0.05) is 24.3 Å². The van der Waals surface area contributed by atoms with Gasteiger partial charge in [0.1, 0.15) is 5.65 Å². The highest BCUT2D eigenvalue weighted by atomic mass is 16.1. The maximum absolute atomic E-state index is 12.4. The molecule has 4 N–H and O–H groups in total. The average Bonchev–Trinajstić information content (AvgIpc) is 3.10. The highest BCUT2D eigenvalue weighted by Gasteiger charge is 2.11. The molecule has 0 fully saturated rings. The molecule has 6 heteroatoms. The zero-order chi connectivity index (χ0) is 17.9. The lowest BCUT2D eigenvalue weighted by molar-refractivity contribution is 0.102. The second kappa shape index (κ2) is 6.78. The maximum atomic E-state index is 12.4. The van der Waals surface area contributed by atoms with E-state index in [-0.39, 0.29) is 5.91 Å². The van der Waals surface area contributed by atoms with Crippen molar-refractivity contribution in [3.63, 3.8) is 0 Å². The van der Waals surface area contributed by atoms with Gasteiger partial charge in [-0.2, -0.15) is 0 Å². The van der Waals surface area contributed by atoms with Gasteiger partial charge < -0.3 is 16.0 Å². The minimum atomic E-state index is -0.211. The molecule has 128 valence electrons. The Morgan fingerprint density at radius 1 is 1.12 bits per heavy atom. The number of nitrogens with zero attached hydrogens (tertiary/aromatic N) is 2. The highest BCUT2D eigenvalue weighted by molar-refractivity contribution is 6.08. The number of amides is 1. The number of pyridine rings is 2. The quantitative estimate of drug-likeness (QED) is 0.529. The lowest BCUT2D eigenvalue weighted by atomic mass is 10.0. The summed E-state index contributed by atoms with van der Waals surface area (Å²) in [5.41, 5.74) is 10.6. The highest BCUT2D eigenvalue weighted by Crippen LogP contribution is 2.28. The van der Waals surface area contributed by atoms with Gasteiger partial charge in [-0.15, -0.1) is 0 Å². The second-order valence-electron chi connectivity index (χ2n) is 5.92. The minimum Gasteiger partial charge on any atom is -0.344 e. The van der Waals surface area contributed by atoms with E-state index in [2.05, 4.69) is 20.3 Å². The first-order valence-electron chi connectivity index (χ1n) is 8.22. The van der Waals surface area contributed by atoms with Gasteiger partial charge >= 0.3 is 0 Å². The van der Waals surface area contributed by atoms with Crippen LogP contribution < -0.4 is 11.1 Å². The third kappa shape index (κ3) is 3.05. The summed E-state index contributed by atoms with van der Waals surface area (Å²) in [7, 11) is 0. The van der Waals surface area contributed by atoms with E-state index in [4.69, 9.17) is 5.73 Å². The van der Waals surface area contributed by atoms with Gasteiger partial charge in [0.25, 0.3) is 5.91 Å². The number of nitrogens with one attached hydrogen (secondary N) is 2. The monoisotopic (exact) mass is 343 g/mol. The van der Waals surface area contributed by atoms with Gasteiger partial charge in [0.2, 0.25) is 0 Å². The van der Waals surface area contributed by atoms with Crippen LogP contribution in [-0.2, 0) is 6.54 Å². The molecule has 0 bridgehead atoms. The molecule has 3 heterocycles. The Hall–Kier alpha value is -3.51. The van der Waals surface area contributed by atoms with Crippen LogP contribution in [0.15, 0.2) is 67.3 Å². The van der Waals surface area contributed by atoms with E-state index >= 15 is 0 Å². The fraction of sp³-hybridized carbons (Fsp3) is 0.0500. The zero-order valence-electron chi connectivity index (χ0n) is 13.9. The van der Waals surface area contributed by atoms with Crippen LogP contribution in [0.4, 0.5) is 5.69 Å². The topological polar surface area (TPSA) is 96.7 Å². The Morgan fingerprint density at radius 2 is 1.96 bits per heavy atom. The van der Waals surface area contributed by atoms with Crippen molar-refractivity contribution in [3.8, 4) is 11.1 Å². The van der Waals surface area contributed by atoms with Crippen molar-refractivity contribution in [1.29, 1.82) is 0 Å². The predicted octanol–water partition coefficient (Wildman–Crippen LogP) is 3.34. The number of hydrogen-bond acceptors (Lipinski definition) is 4. The third-order valence-corrected chi connectivity index (χ3v) is 4.23. The molecule has 0 aliphatic carbocycles. The second-order valence-corrected chi connectivity index (χ2v) is 5.92. The predicted molar refractivity (Wildman–Crippen MR) is 102 cm³/mol. The first-order valence-corrected chi connectivity index (χ1v) is 8.22. The van der Waals surface area contributed by atoms with Crippen molar-refractivity contribution in [2.75, 3.05) is 5.32 Å². The van der Waals surface area contributed by atoms with Crippen LogP contribution in [0.3, 0.4) is 0 Å². The van der Waals surface area contributed by atoms with E-state index in [0.717, 1.165) is 22.1 Å². The molecule has 1 amide bonds. The summed E-state index contributed by atoms with van der Waals surface area (Å²) >= 11 is 0. The summed E-state index contributed by atoms with van der Waals surface area (Å²) in [6.45, 7) is 0.514. The van der Waals surface area contributed by atoms with E-state index in [1.54, 1.807) is 24.5 Å². The molecule has 0 spiro atoms. The molecule has 3 aromatic heterocycles. The van der Waals surface area contributed by atoms with Crippen molar-refractivity contribution in [3.05, 3.63) is 78.4 Å². The number of rotatable bonds is 4. The summed E-state index contributed by atoms with van der Waals surface area (Å²) < 4.78 is 0. The van der Waals surface area contributed by atoms with E-state index in [0.29, 0.717) is 23.4 Å². The van der Waals surface area contributed by atoms with Crippen molar-refractivity contribution in [2.45, 2.75) is 6.54 Å². The third-order valence-electron chi connectivity index (χ3n) is 4.23. The number of nitrogens with two attached hydrogens (primary N) is 1. The van der Waals surface area contributed by atoms with Gasteiger partial charge in [0, 0.05) is 42.3 Å². The Bertz CT molecular complexity index is 1050. The summed E-state index contributed by atoms with van der Waals surface area (Å²) in [6, 6.07) is 13.5. The molecule has 0 atom stereocenters. The maximum Gasteiger partial charge on any atom is 0.257 e. The first kappa shape index (κ1) is 16.0. The molecule has 26 heavy (non-hydrogen) atoms. The molecule has 0 aliphatic heterocycles. The number of carbonyl (C=O) groups is 1. The average molecular weight is 343 g/mol. The largest absolute Gasteiger partial charge is 0.344 e. The first-order chi connectivity index (χ1) is 12.7. The summed E-state index contributed by atoms with van der Waals surface area (Å²) in [5, 5.41) is 3.76. The number of benzene rings is 1. The van der Waals surface area contributed by atoms with Crippen LogP contribution in [-0.4, -0.2) is 20.9 Å². The Labute approximate surface area is 150 Å². The minimum absolute atomic E-state index is 0.211. The zero-order valence-corrected chi connectivity index (χ0v) is 13.9. The van der Waals surface area contributed by atoms with Crippen LogP contribution in [0.25, 0.3) is 22.2 Å². The number of fused-ring (bicyclic) bond motifs is 1. The van der Waals surface area contributed by atoms with Gasteiger partial charge in [-0.25, -0.2) is 4.98 Å². The summed E-state index contributed by atoms with van der Waals surface area (Å²) in [6.07, 6.45) is 6.72. The molecular weight excluding hydrogens is 326 g/mol. The van der Waals surface area contributed by atoms with Gasteiger partial charge in [0.05, 0.1) is 11.3 Å². The van der Waals surface area contributed by atoms with Crippen LogP contribution in [0.1, 0.15) is 15.9 Å². The summed E-state index contributed by atoms with van der Waals surface area (Å²) in [5.74, 6) is -0.211. The van der Waals surface area contributed by atoms with Crippen molar-refractivity contribution < 1.29 is 4.79 Å². The Balaban J connectivity index is 1.67. The summed E-state index contributed by atoms with van der Waals surface area (Å²) in [4.78, 5) is 23.9. The molecule has 1 aromatic carbocycles. The normalized spacial score (nSPS) is 10.8. The fourth-order valence-electron chi connectivity index (χ4n) is 2.79. The smallest absolute Gasteiger partial charge is 0.257 e. The molecule has 0 saturated carbocycles. The SMILES string of the molecule is NCc1ccc(-c2cnc3[nH]cc(NC(=O)c4cccnc4)c3c2)cc1. The molecular formula is C20H17N5O. The number of hydrogen-bond donors (Lipinski definition) is 3. The van der Waals surface area contributed by atoms with Gasteiger partial charge in [0.15, 0.2) is 0 Å². The van der Waals surface area contributed by atoms with E-state index in [1.165, 1.54) is 6.20 Å². The molecule has 0 radical (unpaired) electrons. The van der Waals surface area contributed by atoms with Crippen LogP contribution in [0.5, 0.6) is 0 Å². The molecule has 0 saturated heterocycles. The number of carbonyl (C=O) groups excluding carboxylic acids is 1. The van der Waals surface area contributed by atoms with Crippen molar-refractivity contribution >= 4 is 22.6 Å². The van der Waals surface area contributed by atoms with Crippen molar-refractivity contribution in [2.24, 2.45) is 5.73 Å². The lowest BCUT2D eigenvalue weighted by Gasteiger charge is -2.06. The van der Waals surface area contributed by atoms with E-state index in [9.17, 15) is 4.79 Å². The van der Waals surface area contributed by atoms with Crippen LogP contribution in [0, 0.1) is 0 Å². The van der Waals surface area contributed by atoms with Crippen LogP contribution >= 0.6 is 0 Å². The Morgan fingerprint density at radius 3 is 2.69 bits per heavy atom. The molecule has 0 unspecified atom stereocenters. The molecule has 4 rings (SSSR count). The van der Waals surface area contributed by atoms with Crippen molar-refractivity contribution in [1.82, 2.24) is 15.0 Å². The van der Waals surface area contributed by atoms with Gasteiger partial charge in [-0.3, -0.25) is 9.78 Å².